The maximum atomic E-state index is 5.97. The molecule has 1 N–H and O–H groups in total. The van der Waals surface area contributed by atoms with Crippen LogP contribution in [0.5, 0.6) is 0 Å². The quantitative estimate of drug-likeness (QED) is 0.615. The molecule has 1 aliphatic rings. The molecule has 2 nitrogen and oxygen atoms in total. The third kappa shape index (κ3) is 3.28. The molecule has 0 saturated heterocycles. The van der Waals surface area contributed by atoms with E-state index in [1.54, 1.807) is 0 Å². The van der Waals surface area contributed by atoms with Crippen molar-refractivity contribution in [1.29, 1.82) is 0 Å². The van der Waals surface area contributed by atoms with Gasteiger partial charge in [0.1, 0.15) is 0 Å². The fraction of sp³-hybridized carbons (Fsp3) is 1.00. The van der Waals surface area contributed by atoms with E-state index in [2.05, 4.69) is 12.2 Å². The molecule has 0 unspecified atom stereocenters. The monoisotopic (exact) mass is 185 g/mol. The molecule has 1 fully saturated rings. The summed E-state index contributed by atoms with van der Waals surface area (Å²) in [6, 6.07) is 0. The Hall–Kier alpha value is -0.0800. The summed E-state index contributed by atoms with van der Waals surface area (Å²) in [7, 11) is 2.01. The summed E-state index contributed by atoms with van der Waals surface area (Å²) in [5.74, 6) is 0. The predicted octanol–water partition coefficient (Wildman–Crippen LogP) is 2.34. The maximum absolute atomic E-state index is 5.97. The molecule has 0 heterocycles. The van der Waals surface area contributed by atoms with Crippen molar-refractivity contribution in [3.63, 3.8) is 0 Å². The van der Waals surface area contributed by atoms with E-state index in [9.17, 15) is 0 Å². The molecule has 0 bridgehead atoms. The van der Waals surface area contributed by atoms with E-state index in [1.165, 1.54) is 38.5 Å². The van der Waals surface area contributed by atoms with Crippen molar-refractivity contribution in [2.75, 3.05) is 20.2 Å². The second-order valence-electron chi connectivity index (χ2n) is 4.09. The Balaban J connectivity index is 2.15. The minimum absolute atomic E-state index is 0.262. The number of rotatable bonds is 7. The summed E-state index contributed by atoms with van der Waals surface area (Å²) in [4.78, 5) is 0. The van der Waals surface area contributed by atoms with Gasteiger partial charge in [-0.25, -0.2) is 0 Å². The SMILES string of the molecule is CCCCOC1(CCNC)CCC1. The Bertz CT molecular complexity index is 132. The number of nitrogens with one attached hydrogen (secondary N) is 1. The third-order valence-corrected chi connectivity index (χ3v) is 3.00. The molecule has 0 spiro atoms. The summed E-state index contributed by atoms with van der Waals surface area (Å²) < 4.78 is 5.97. The van der Waals surface area contributed by atoms with Gasteiger partial charge in [-0.3, -0.25) is 0 Å². The molecule has 1 rings (SSSR count). The lowest BCUT2D eigenvalue weighted by molar-refractivity contribution is -0.105. The van der Waals surface area contributed by atoms with Crippen LogP contribution < -0.4 is 5.32 Å². The molecule has 0 aromatic heterocycles. The van der Waals surface area contributed by atoms with Gasteiger partial charge in [0, 0.05) is 6.61 Å². The lowest BCUT2D eigenvalue weighted by Crippen LogP contribution is -2.42. The van der Waals surface area contributed by atoms with E-state index in [0.717, 1.165) is 13.2 Å². The standard InChI is InChI=1S/C11H23NO/c1-3-4-10-13-11(6-5-7-11)8-9-12-2/h12H,3-10H2,1-2H3. The highest BCUT2D eigenvalue weighted by Crippen LogP contribution is 2.38. The first kappa shape index (κ1) is 11.0. The van der Waals surface area contributed by atoms with Gasteiger partial charge < -0.3 is 10.1 Å². The Kier molecular flexibility index (Phi) is 4.74. The fourth-order valence-corrected chi connectivity index (χ4v) is 1.82. The largest absolute Gasteiger partial charge is 0.375 e. The molecule has 0 aromatic rings. The lowest BCUT2D eigenvalue weighted by Gasteiger charge is -2.42. The summed E-state index contributed by atoms with van der Waals surface area (Å²) in [6.45, 7) is 4.26. The number of ether oxygens (including phenoxy) is 1. The van der Waals surface area contributed by atoms with Crippen LogP contribution in [0, 0.1) is 0 Å². The van der Waals surface area contributed by atoms with Gasteiger partial charge in [-0.1, -0.05) is 13.3 Å². The van der Waals surface area contributed by atoms with Gasteiger partial charge >= 0.3 is 0 Å². The van der Waals surface area contributed by atoms with Gasteiger partial charge in [0.2, 0.25) is 0 Å². The lowest BCUT2D eigenvalue weighted by atomic mass is 9.77. The van der Waals surface area contributed by atoms with Crippen LogP contribution in [-0.2, 0) is 4.74 Å². The molecular weight excluding hydrogens is 162 g/mol. The van der Waals surface area contributed by atoms with Crippen LogP contribution in [0.4, 0.5) is 0 Å². The average molecular weight is 185 g/mol. The van der Waals surface area contributed by atoms with Crippen molar-refractivity contribution in [3.8, 4) is 0 Å². The normalized spacial score (nSPS) is 19.8. The van der Waals surface area contributed by atoms with Crippen LogP contribution >= 0.6 is 0 Å². The smallest absolute Gasteiger partial charge is 0.0694 e. The van der Waals surface area contributed by atoms with Crippen LogP contribution in [0.3, 0.4) is 0 Å². The van der Waals surface area contributed by atoms with Crippen molar-refractivity contribution in [3.05, 3.63) is 0 Å². The maximum Gasteiger partial charge on any atom is 0.0694 e. The van der Waals surface area contributed by atoms with E-state index < -0.39 is 0 Å². The van der Waals surface area contributed by atoms with E-state index in [-0.39, 0.29) is 5.60 Å². The van der Waals surface area contributed by atoms with Crippen LogP contribution in [-0.4, -0.2) is 25.8 Å². The average Bonchev–Trinajstić information content (AvgIpc) is 2.08. The van der Waals surface area contributed by atoms with Crippen molar-refractivity contribution >= 4 is 0 Å². The minimum atomic E-state index is 0.262. The van der Waals surface area contributed by atoms with Crippen LogP contribution in [0.15, 0.2) is 0 Å². The molecule has 1 saturated carbocycles. The van der Waals surface area contributed by atoms with E-state index >= 15 is 0 Å². The highest BCUT2D eigenvalue weighted by atomic mass is 16.5. The van der Waals surface area contributed by atoms with Gasteiger partial charge in [-0.2, -0.15) is 0 Å². The Labute approximate surface area is 82.0 Å². The molecule has 0 radical (unpaired) electrons. The molecule has 0 aliphatic heterocycles. The molecule has 0 amide bonds. The van der Waals surface area contributed by atoms with Crippen molar-refractivity contribution < 1.29 is 4.74 Å². The summed E-state index contributed by atoms with van der Waals surface area (Å²) in [6.07, 6.45) is 7.54. The first-order valence-corrected chi connectivity index (χ1v) is 5.61. The van der Waals surface area contributed by atoms with E-state index in [4.69, 9.17) is 4.74 Å². The van der Waals surface area contributed by atoms with Gasteiger partial charge in [0.15, 0.2) is 0 Å². The fourth-order valence-electron chi connectivity index (χ4n) is 1.82. The van der Waals surface area contributed by atoms with E-state index in [0.29, 0.717) is 0 Å². The first-order chi connectivity index (χ1) is 6.33. The van der Waals surface area contributed by atoms with E-state index in [1.807, 2.05) is 7.05 Å². The third-order valence-electron chi connectivity index (χ3n) is 3.00. The number of hydrogen-bond acceptors (Lipinski definition) is 2. The zero-order chi connectivity index (χ0) is 9.57. The predicted molar refractivity (Wildman–Crippen MR) is 56.0 cm³/mol. The number of hydrogen-bond donors (Lipinski definition) is 1. The Morgan fingerprint density at radius 3 is 2.62 bits per heavy atom. The van der Waals surface area contributed by atoms with Gasteiger partial charge in [0.25, 0.3) is 0 Å². The minimum Gasteiger partial charge on any atom is -0.375 e. The Morgan fingerprint density at radius 1 is 1.38 bits per heavy atom. The number of unbranched alkanes of at least 4 members (excludes halogenated alkanes) is 1. The van der Waals surface area contributed by atoms with Gasteiger partial charge in [-0.15, -0.1) is 0 Å². The second-order valence-corrected chi connectivity index (χ2v) is 4.09. The van der Waals surface area contributed by atoms with Crippen molar-refractivity contribution in [2.45, 2.75) is 51.0 Å². The van der Waals surface area contributed by atoms with Gasteiger partial charge in [-0.05, 0) is 45.7 Å². The zero-order valence-corrected chi connectivity index (χ0v) is 9.07. The highest BCUT2D eigenvalue weighted by molar-refractivity contribution is 4.90. The highest BCUT2D eigenvalue weighted by Gasteiger charge is 2.36. The summed E-state index contributed by atoms with van der Waals surface area (Å²) in [5, 5.41) is 3.20. The Morgan fingerprint density at radius 2 is 2.15 bits per heavy atom. The van der Waals surface area contributed by atoms with Crippen LogP contribution in [0.1, 0.15) is 45.4 Å². The summed E-state index contributed by atoms with van der Waals surface area (Å²) in [5.41, 5.74) is 0.262. The topological polar surface area (TPSA) is 21.3 Å². The molecule has 13 heavy (non-hydrogen) atoms. The van der Waals surface area contributed by atoms with Crippen molar-refractivity contribution in [1.82, 2.24) is 5.32 Å². The molecule has 78 valence electrons. The van der Waals surface area contributed by atoms with Crippen LogP contribution in [0.2, 0.25) is 0 Å². The zero-order valence-electron chi connectivity index (χ0n) is 9.07. The second kappa shape index (κ2) is 5.61. The van der Waals surface area contributed by atoms with Crippen LogP contribution in [0.25, 0.3) is 0 Å². The summed E-state index contributed by atoms with van der Waals surface area (Å²) >= 11 is 0. The van der Waals surface area contributed by atoms with Gasteiger partial charge in [0.05, 0.1) is 5.60 Å². The van der Waals surface area contributed by atoms with Crippen molar-refractivity contribution in [2.24, 2.45) is 0 Å². The molecule has 0 atom stereocenters. The molecule has 2 heteroatoms. The molecule has 0 aromatic carbocycles. The molecule has 1 aliphatic carbocycles. The molecular formula is C11H23NO. The first-order valence-electron chi connectivity index (χ1n) is 5.61.